The quantitative estimate of drug-likeness (QED) is 0.638. The first kappa shape index (κ1) is 10.3. The van der Waals surface area contributed by atoms with E-state index in [2.05, 4.69) is 19.2 Å². The van der Waals surface area contributed by atoms with Crippen LogP contribution in [0.1, 0.15) is 39.5 Å². The van der Waals surface area contributed by atoms with Gasteiger partial charge in [-0.25, -0.2) is 0 Å². The van der Waals surface area contributed by atoms with Gasteiger partial charge in [0.25, 0.3) is 0 Å². The summed E-state index contributed by atoms with van der Waals surface area (Å²) < 4.78 is 0. The van der Waals surface area contributed by atoms with Crippen LogP contribution in [0.25, 0.3) is 0 Å². The number of allylic oxidation sites excluding steroid dienone is 1. The fourth-order valence-electron chi connectivity index (χ4n) is 1.17. The first-order chi connectivity index (χ1) is 5.26. The van der Waals surface area contributed by atoms with Crippen molar-refractivity contribution < 1.29 is 0 Å². The highest BCUT2D eigenvalue weighted by Gasteiger charge is 1.99. The summed E-state index contributed by atoms with van der Waals surface area (Å²) in [6.45, 7) is 4.36. The highest BCUT2D eigenvalue weighted by Crippen LogP contribution is 2.12. The van der Waals surface area contributed by atoms with Gasteiger partial charge >= 0.3 is 0 Å². The predicted molar refractivity (Wildman–Crippen MR) is 50.1 cm³/mol. The topological polar surface area (TPSA) is 38.0 Å². The highest BCUT2D eigenvalue weighted by atomic mass is 15.0. The van der Waals surface area contributed by atoms with E-state index in [4.69, 9.17) is 5.73 Å². The van der Waals surface area contributed by atoms with Gasteiger partial charge in [-0.2, -0.15) is 0 Å². The number of hydrogen-bond donors (Lipinski definition) is 2. The van der Waals surface area contributed by atoms with Crippen LogP contribution >= 0.6 is 0 Å². The van der Waals surface area contributed by atoms with Crippen molar-refractivity contribution in [3.63, 3.8) is 0 Å². The Kier molecular flexibility index (Phi) is 5.71. The fourth-order valence-corrected chi connectivity index (χ4v) is 1.17. The molecule has 0 amide bonds. The summed E-state index contributed by atoms with van der Waals surface area (Å²) in [5, 5.41) is 2.99. The second-order valence-corrected chi connectivity index (χ2v) is 2.77. The summed E-state index contributed by atoms with van der Waals surface area (Å²) in [6, 6.07) is 0. The molecule has 0 radical (unpaired) electrons. The molecule has 2 nitrogen and oxygen atoms in total. The van der Waals surface area contributed by atoms with Crippen molar-refractivity contribution in [2.75, 3.05) is 7.05 Å². The van der Waals surface area contributed by atoms with Crippen molar-refractivity contribution in [3.8, 4) is 0 Å². The zero-order chi connectivity index (χ0) is 8.69. The second-order valence-electron chi connectivity index (χ2n) is 2.77. The molecule has 0 spiro atoms. The first-order valence-electron chi connectivity index (χ1n) is 4.41. The van der Waals surface area contributed by atoms with Gasteiger partial charge in [-0.3, -0.25) is 0 Å². The average Bonchev–Trinajstić information content (AvgIpc) is 2.03. The van der Waals surface area contributed by atoms with E-state index >= 15 is 0 Å². The Morgan fingerprint density at radius 1 is 1.18 bits per heavy atom. The SMILES string of the molecule is CCCC(CCC)=C(N)NC. The summed E-state index contributed by atoms with van der Waals surface area (Å²) in [7, 11) is 1.88. The number of nitrogens with two attached hydrogens (primary N) is 1. The van der Waals surface area contributed by atoms with E-state index in [1.807, 2.05) is 7.05 Å². The van der Waals surface area contributed by atoms with Gasteiger partial charge in [0.1, 0.15) is 0 Å². The van der Waals surface area contributed by atoms with Crippen LogP contribution in [0, 0.1) is 0 Å². The Morgan fingerprint density at radius 2 is 1.64 bits per heavy atom. The van der Waals surface area contributed by atoms with Crippen molar-refractivity contribution in [2.45, 2.75) is 39.5 Å². The molecule has 0 aliphatic carbocycles. The minimum atomic E-state index is 0.869. The maximum absolute atomic E-state index is 5.76. The number of rotatable bonds is 5. The second kappa shape index (κ2) is 6.08. The third-order valence-electron chi connectivity index (χ3n) is 1.75. The highest BCUT2D eigenvalue weighted by molar-refractivity contribution is 5.08. The van der Waals surface area contributed by atoms with Crippen molar-refractivity contribution in [1.29, 1.82) is 0 Å². The van der Waals surface area contributed by atoms with E-state index in [1.165, 1.54) is 18.4 Å². The lowest BCUT2D eigenvalue weighted by Gasteiger charge is -2.09. The molecule has 0 fully saturated rings. The van der Waals surface area contributed by atoms with Crippen LogP contribution in [0.15, 0.2) is 11.4 Å². The average molecular weight is 156 g/mol. The normalized spacial score (nSPS) is 9.36. The summed E-state index contributed by atoms with van der Waals surface area (Å²) in [5.74, 6) is 0.869. The van der Waals surface area contributed by atoms with Crippen LogP contribution in [-0.2, 0) is 0 Å². The molecule has 66 valence electrons. The molecule has 0 saturated heterocycles. The predicted octanol–water partition coefficient (Wildman–Crippen LogP) is 1.98. The van der Waals surface area contributed by atoms with Gasteiger partial charge in [-0.1, -0.05) is 26.7 Å². The van der Waals surface area contributed by atoms with Gasteiger partial charge in [0.2, 0.25) is 0 Å². The maximum atomic E-state index is 5.76. The number of hydrogen-bond acceptors (Lipinski definition) is 2. The van der Waals surface area contributed by atoms with Crippen LogP contribution in [-0.4, -0.2) is 7.05 Å². The molecule has 0 bridgehead atoms. The lowest BCUT2D eigenvalue weighted by molar-refractivity contribution is 0.760. The molecule has 0 unspecified atom stereocenters. The zero-order valence-corrected chi connectivity index (χ0v) is 7.91. The van der Waals surface area contributed by atoms with Gasteiger partial charge in [-0.05, 0) is 18.4 Å². The lowest BCUT2D eigenvalue weighted by atomic mass is 10.1. The van der Waals surface area contributed by atoms with E-state index < -0.39 is 0 Å². The standard InChI is InChI=1S/C9H20N2/c1-4-6-8(7-5-2)9(10)11-3/h11H,4-7,10H2,1-3H3. The van der Waals surface area contributed by atoms with Gasteiger partial charge in [0.05, 0.1) is 5.82 Å². The number of nitrogens with one attached hydrogen (secondary N) is 1. The minimum Gasteiger partial charge on any atom is -0.386 e. The molecule has 0 aromatic carbocycles. The Labute approximate surface area is 69.9 Å². The molecule has 0 aliphatic rings. The van der Waals surface area contributed by atoms with Crippen molar-refractivity contribution in [3.05, 3.63) is 11.4 Å². The van der Waals surface area contributed by atoms with Crippen LogP contribution in [0.4, 0.5) is 0 Å². The van der Waals surface area contributed by atoms with Gasteiger partial charge in [0, 0.05) is 7.05 Å². The lowest BCUT2D eigenvalue weighted by Crippen LogP contribution is -2.17. The van der Waals surface area contributed by atoms with E-state index in [1.54, 1.807) is 0 Å². The summed E-state index contributed by atoms with van der Waals surface area (Å²) >= 11 is 0. The molecule has 2 heteroatoms. The van der Waals surface area contributed by atoms with E-state index in [9.17, 15) is 0 Å². The Hall–Kier alpha value is -0.660. The first-order valence-corrected chi connectivity index (χ1v) is 4.41. The molecule has 0 aliphatic heterocycles. The molecule has 0 atom stereocenters. The monoisotopic (exact) mass is 156 g/mol. The molecule has 3 N–H and O–H groups in total. The molecule has 0 rings (SSSR count). The molecule has 11 heavy (non-hydrogen) atoms. The Balaban J connectivity index is 4.05. The molecule has 0 aromatic rings. The molecule has 0 heterocycles. The fraction of sp³-hybridized carbons (Fsp3) is 0.778. The van der Waals surface area contributed by atoms with Crippen LogP contribution < -0.4 is 11.1 Å². The Morgan fingerprint density at radius 3 is 1.91 bits per heavy atom. The largest absolute Gasteiger partial charge is 0.386 e. The van der Waals surface area contributed by atoms with Crippen LogP contribution in [0.5, 0.6) is 0 Å². The molecular weight excluding hydrogens is 136 g/mol. The molecular formula is C9H20N2. The van der Waals surface area contributed by atoms with Crippen LogP contribution in [0.3, 0.4) is 0 Å². The van der Waals surface area contributed by atoms with Gasteiger partial charge < -0.3 is 11.1 Å². The Bertz CT molecular complexity index is 120. The smallest absolute Gasteiger partial charge is 0.0949 e. The van der Waals surface area contributed by atoms with Crippen molar-refractivity contribution in [1.82, 2.24) is 5.32 Å². The van der Waals surface area contributed by atoms with E-state index in [0.717, 1.165) is 18.7 Å². The molecule has 0 aromatic heterocycles. The van der Waals surface area contributed by atoms with Crippen LogP contribution in [0.2, 0.25) is 0 Å². The van der Waals surface area contributed by atoms with E-state index in [-0.39, 0.29) is 0 Å². The van der Waals surface area contributed by atoms with Crippen molar-refractivity contribution >= 4 is 0 Å². The minimum absolute atomic E-state index is 0.869. The van der Waals surface area contributed by atoms with Gasteiger partial charge in [-0.15, -0.1) is 0 Å². The summed E-state index contributed by atoms with van der Waals surface area (Å²) in [6.07, 6.45) is 4.61. The van der Waals surface area contributed by atoms with E-state index in [0.29, 0.717) is 0 Å². The third kappa shape index (κ3) is 3.91. The third-order valence-corrected chi connectivity index (χ3v) is 1.75. The summed E-state index contributed by atoms with van der Waals surface area (Å²) in [4.78, 5) is 0. The zero-order valence-electron chi connectivity index (χ0n) is 7.91. The molecule has 0 saturated carbocycles. The van der Waals surface area contributed by atoms with Gasteiger partial charge in [0.15, 0.2) is 0 Å². The maximum Gasteiger partial charge on any atom is 0.0949 e. The summed E-state index contributed by atoms with van der Waals surface area (Å²) in [5.41, 5.74) is 7.13. The van der Waals surface area contributed by atoms with Crippen molar-refractivity contribution in [2.24, 2.45) is 5.73 Å².